The van der Waals surface area contributed by atoms with Gasteiger partial charge in [0.05, 0.1) is 19.7 Å². The number of rotatable bonds is 5. The molecule has 0 spiro atoms. The lowest BCUT2D eigenvalue weighted by molar-refractivity contribution is 0.391. The summed E-state index contributed by atoms with van der Waals surface area (Å²) in [5.74, 6) is 2.49. The van der Waals surface area contributed by atoms with E-state index in [1.807, 2.05) is 23.6 Å². The van der Waals surface area contributed by atoms with E-state index in [-0.39, 0.29) is 0 Å². The van der Waals surface area contributed by atoms with Crippen LogP contribution in [0.15, 0.2) is 29.1 Å². The largest absolute Gasteiger partial charge is 0.497 e. The fourth-order valence-electron chi connectivity index (χ4n) is 1.48. The molecule has 1 N–H and O–H groups in total. The number of thiazole rings is 1. The standard InChI is InChI=1S/C12H14N2O2S/c1-15-10-4-3-9(11(5-10)16-2)6-13-12-7-17-8-14-12/h3-5,7-8,13H,6H2,1-2H3. The molecule has 0 amide bonds. The monoisotopic (exact) mass is 250 g/mol. The molecule has 0 saturated heterocycles. The van der Waals surface area contributed by atoms with Crippen molar-refractivity contribution in [1.29, 1.82) is 0 Å². The summed E-state index contributed by atoms with van der Waals surface area (Å²) < 4.78 is 10.5. The molecule has 0 atom stereocenters. The summed E-state index contributed by atoms with van der Waals surface area (Å²) in [4.78, 5) is 4.16. The van der Waals surface area contributed by atoms with Crippen LogP contribution in [-0.2, 0) is 6.54 Å². The molecule has 2 rings (SSSR count). The predicted octanol–water partition coefficient (Wildman–Crippen LogP) is 2.77. The second-order valence-corrected chi connectivity index (χ2v) is 4.12. The van der Waals surface area contributed by atoms with Crippen molar-refractivity contribution in [3.63, 3.8) is 0 Å². The van der Waals surface area contributed by atoms with E-state index in [4.69, 9.17) is 9.47 Å². The van der Waals surface area contributed by atoms with Crippen LogP contribution in [0, 0.1) is 0 Å². The highest BCUT2D eigenvalue weighted by atomic mass is 32.1. The van der Waals surface area contributed by atoms with Crippen molar-refractivity contribution in [1.82, 2.24) is 4.98 Å². The maximum atomic E-state index is 5.32. The van der Waals surface area contributed by atoms with E-state index in [0.717, 1.165) is 22.9 Å². The van der Waals surface area contributed by atoms with Crippen molar-refractivity contribution in [2.45, 2.75) is 6.54 Å². The number of nitrogens with zero attached hydrogens (tertiary/aromatic N) is 1. The summed E-state index contributed by atoms with van der Waals surface area (Å²) >= 11 is 1.57. The zero-order valence-corrected chi connectivity index (χ0v) is 10.6. The Balaban J connectivity index is 2.09. The molecular formula is C12H14N2O2S. The molecular weight excluding hydrogens is 236 g/mol. The normalized spacial score (nSPS) is 10.0. The molecule has 1 heterocycles. The molecule has 5 heteroatoms. The Bertz CT molecular complexity index is 471. The molecule has 90 valence electrons. The number of ether oxygens (including phenoxy) is 2. The first-order chi connectivity index (χ1) is 8.33. The highest BCUT2D eigenvalue weighted by Gasteiger charge is 2.05. The fraction of sp³-hybridized carbons (Fsp3) is 0.250. The number of hydrogen-bond acceptors (Lipinski definition) is 5. The van der Waals surface area contributed by atoms with Gasteiger partial charge in [-0.05, 0) is 12.1 Å². The molecule has 0 fully saturated rings. The third-order valence-corrected chi connectivity index (χ3v) is 2.97. The molecule has 0 unspecified atom stereocenters. The summed E-state index contributed by atoms with van der Waals surface area (Å²) in [6, 6.07) is 5.77. The van der Waals surface area contributed by atoms with Crippen molar-refractivity contribution in [2.24, 2.45) is 0 Å². The zero-order valence-electron chi connectivity index (χ0n) is 9.77. The van der Waals surface area contributed by atoms with Crippen molar-refractivity contribution in [3.05, 3.63) is 34.7 Å². The van der Waals surface area contributed by atoms with Gasteiger partial charge in [-0.25, -0.2) is 4.98 Å². The molecule has 2 aromatic rings. The van der Waals surface area contributed by atoms with Crippen molar-refractivity contribution in [2.75, 3.05) is 19.5 Å². The second kappa shape index (κ2) is 5.54. The van der Waals surface area contributed by atoms with E-state index in [1.165, 1.54) is 0 Å². The Kier molecular flexibility index (Phi) is 3.82. The van der Waals surface area contributed by atoms with E-state index in [9.17, 15) is 0 Å². The van der Waals surface area contributed by atoms with Crippen LogP contribution in [0.5, 0.6) is 11.5 Å². The molecule has 17 heavy (non-hydrogen) atoms. The Morgan fingerprint density at radius 3 is 2.82 bits per heavy atom. The van der Waals surface area contributed by atoms with E-state index in [2.05, 4.69) is 10.3 Å². The van der Waals surface area contributed by atoms with Gasteiger partial charge in [0.1, 0.15) is 17.3 Å². The van der Waals surface area contributed by atoms with E-state index >= 15 is 0 Å². The van der Waals surface area contributed by atoms with Gasteiger partial charge >= 0.3 is 0 Å². The van der Waals surface area contributed by atoms with Gasteiger partial charge in [-0.15, -0.1) is 11.3 Å². The Morgan fingerprint density at radius 2 is 2.18 bits per heavy atom. The first kappa shape index (κ1) is 11.7. The summed E-state index contributed by atoms with van der Waals surface area (Å²) in [6.07, 6.45) is 0. The topological polar surface area (TPSA) is 43.4 Å². The van der Waals surface area contributed by atoms with Gasteiger partial charge in [-0.3, -0.25) is 0 Å². The van der Waals surface area contributed by atoms with E-state index < -0.39 is 0 Å². The van der Waals surface area contributed by atoms with Crippen LogP contribution in [0.2, 0.25) is 0 Å². The minimum Gasteiger partial charge on any atom is -0.497 e. The molecule has 0 radical (unpaired) electrons. The molecule has 0 saturated carbocycles. The number of anilines is 1. The highest BCUT2D eigenvalue weighted by Crippen LogP contribution is 2.25. The average molecular weight is 250 g/mol. The van der Waals surface area contributed by atoms with Crippen LogP contribution in [0.1, 0.15) is 5.56 Å². The van der Waals surface area contributed by atoms with Gasteiger partial charge in [0.15, 0.2) is 0 Å². The summed E-state index contributed by atoms with van der Waals surface area (Å²) in [5.41, 5.74) is 2.87. The second-order valence-electron chi connectivity index (χ2n) is 3.41. The summed E-state index contributed by atoms with van der Waals surface area (Å²) in [6.45, 7) is 0.677. The van der Waals surface area contributed by atoms with Gasteiger partial charge in [-0.1, -0.05) is 0 Å². The zero-order chi connectivity index (χ0) is 12.1. The van der Waals surface area contributed by atoms with Crippen LogP contribution >= 0.6 is 11.3 Å². The van der Waals surface area contributed by atoms with E-state index in [1.54, 1.807) is 31.1 Å². The lowest BCUT2D eigenvalue weighted by Gasteiger charge is -2.10. The smallest absolute Gasteiger partial charge is 0.137 e. The van der Waals surface area contributed by atoms with Gasteiger partial charge < -0.3 is 14.8 Å². The maximum Gasteiger partial charge on any atom is 0.137 e. The third-order valence-electron chi connectivity index (χ3n) is 2.39. The Hall–Kier alpha value is -1.75. The molecule has 4 nitrogen and oxygen atoms in total. The first-order valence-electron chi connectivity index (χ1n) is 5.16. The van der Waals surface area contributed by atoms with Crippen LogP contribution < -0.4 is 14.8 Å². The minimum atomic E-state index is 0.677. The lowest BCUT2D eigenvalue weighted by atomic mass is 10.2. The van der Waals surface area contributed by atoms with E-state index in [0.29, 0.717) is 6.54 Å². The predicted molar refractivity (Wildman–Crippen MR) is 69.0 cm³/mol. The first-order valence-corrected chi connectivity index (χ1v) is 6.10. The number of hydrogen-bond donors (Lipinski definition) is 1. The Labute approximate surface area is 104 Å². The molecule has 0 aliphatic carbocycles. The van der Waals surface area contributed by atoms with Gasteiger partial charge in [0, 0.05) is 23.6 Å². The maximum absolute atomic E-state index is 5.32. The number of aromatic nitrogens is 1. The average Bonchev–Trinajstić information content (AvgIpc) is 2.89. The Morgan fingerprint density at radius 1 is 1.29 bits per heavy atom. The number of methoxy groups -OCH3 is 2. The van der Waals surface area contributed by atoms with Crippen LogP contribution in [0.4, 0.5) is 5.82 Å². The van der Waals surface area contributed by atoms with Crippen LogP contribution in [0.25, 0.3) is 0 Å². The van der Waals surface area contributed by atoms with Gasteiger partial charge in [-0.2, -0.15) is 0 Å². The van der Waals surface area contributed by atoms with Crippen molar-refractivity contribution >= 4 is 17.2 Å². The van der Waals surface area contributed by atoms with Gasteiger partial charge in [0.2, 0.25) is 0 Å². The van der Waals surface area contributed by atoms with Crippen molar-refractivity contribution in [3.8, 4) is 11.5 Å². The number of nitrogens with one attached hydrogen (secondary N) is 1. The summed E-state index contributed by atoms with van der Waals surface area (Å²) in [7, 11) is 3.29. The van der Waals surface area contributed by atoms with Crippen molar-refractivity contribution < 1.29 is 9.47 Å². The lowest BCUT2D eigenvalue weighted by Crippen LogP contribution is -2.02. The minimum absolute atomic E-state index is 0.677. The molecule has 1 aromatic carbocycles. The SMILES string of the molecule is COc1ccc(CNc2cscn2)c(OC)c1. The molecule has 0 bridgehead atoms. The number of benzene rings is 1. The van der Waals surface area contributed by atoms with Gasteiger partial charge in [0.25, 0.3) is 0 Å². The quantitative estimate of drug-likeness (QED) is 0.886. The third kappa shape index (κ3) is 2.88. The van der Waals surface area contributed by atoms with Crippen LogP contribution in [-0.4, -0.2) is 19.2 Å². The van der Waals surface area contributed by atoms with Crippen LogP contribution in [0.3, 0.4) is 0 Å². The molecule has 0 aliphatic rings. The fourth-order valence-corrected chi connectivity index (χ4v) is 1.99. The molecule has 1 aromatic heterocycles. The molecule has 0 aliphatic heterocycles. The summed E-state index contributed by atoms with van der Waals surface area (Å²) in [5, 5.41) is 5.20. The highest BCUT2D eigenvalue weighted by molar-refractivity contribution is 7.07.